The first kappa shape index (κ1) is 19.8. The lowest BCUT2D eigenvalue weighted by atomic mass is 9.99. The minimum atomic E-state index is -1.21. The summed E-state index contributed by atoms with van der Waals surface area (Å²) in [6, 6.07) is 28.6. The summed E-state index contributed by atoms with van der Waals surface area (Å²) in [6.07, 6.45) is 0. The number of nitrogens with zero attached hydrogens (tertiary/aromatic N) is 4. The van der Waals surface area contributed by atoms with Crippen molar-refractivity contribution < 1.29 is 8.78 Å². The van der Waals surface area contributed by atoms with Crippen LogP contribution in [0.5, 0.6) is 0 Å². The Morgan fingerprint density at radius 2 is 1.22 bits per heavy atom. The molecule has 154 valence electrons. The predicted molar refractivity (Wildman–Crippen MR) is 122 cm³/mol. The molecule has 0 saturated carbocycles. The zero-order valence-corrected chi connectivity index (χ0v) is 17.4. The van der Waals surface area contributed by atoms with E-state index in [-0.39, 0.29) is 16.6 Å². The molecule has 0 atom stereocenters. The number of hydrogen-bond acceptors (Lipinski definition) is 5. The van der Waals surface area contributed by atoms with Gasteiger partial charge in [-0.25, -0.2) is 8.78 Å². The first-order chi connectivity index (χ1) is 15.7. The van der Waals surface area contributed by atoms with Crippen LogP contribution in [-0.2, 0) is 0 Å². The molecule has 32 heavy (non-hydrogen) atoms. The van der Waals surface area contributed by atoms with E-state index in [9.17, 15) is 14.0 Å². The molecule has 1 aromatic heterocycles. The lowest BCUT2D eigenvalue weighted by molar-refractivity contribution is 0.511. The van der Waals surface area contributed by atoms with Gasteiger partial charge in [0.15, 0.2) is 11.6 Å². The Morgan fingerprint density at radius 3 is 1.78 bits per heavy atom. The van der Waals surface area contributed by atoms with Crippen LogP contribution in [0.2, 0.25) is 0 Å². The fourth-order valence-electron chi connectivity index (χ4n) is 3.69. The molecule has 0 aliphatic rings. The van der Waals surface area contributed by atoms with Crippen molar-refractivity contribution in [3.8, 4) is 17.2 Å². The van der Waals surface area contributed by atoms with Gasteiger partial charge in [0.1, 0.15) is 22.7 Å². The molecular weight excluding hydrogens is 426 g/mol. The molecule has 0 spiro atoms. The van der Waals surface area contributed by atoms with Gasteiger partial charge < -0.3 is 4.90 Å². The molecule has 0 unspecified atom stereocenters. The van der Waals surface area contributed by atoms with Crippen LogP contribution < -0.4 is 4.90 Å². The van der Waals surface area contributed by atoms with Crippen molar-refractivity contribution in [2.24, 2.45) is 0 Å². The lowest BCUT2D eigenvalue weighted by Gasteiger charge is -2.25. The maximum Gasteiger partial charge on any atom is 0.179 e. The molecule has 0 fully saturated rings. The largest absolute Gasteiger partial charge is 0.311 e. The molecule has 5 rings (SSSR count). The fraction of sp³-hybridized carbons (Fsp3) is 0. The Balaban J connectivity index is 1.64. The number of fused-ring (bicyclic) bond motifs is 1. The van der Waals surface area contributed by atoms with E-state index < -0.39 is 17.2 Å². The average molecular weight is 440 g/mol. The standard InChI is InChI=1S/C25H14F2N4S/c26-22-20(15-28)24-25(30-32-29-24)21(23(22)27)16-11-13-19(14-12-16)31(17-7-3-1-4-8-17)18-9-5-2-6-10-18/h1-14H. The first-order valence-corrected chi connectivity index (χ1v) is 10.5. The average Bonchev–Trinajstić information content (AvgIpc) is 3.31. The molecule has 0 saturated heterocycles. The summed E-state index contributed by atoms with van der Waals surface area (Å²) >= 11 is 0.819. The predicted octanol–water partition coefficient (Wildman–Crippen LogP) is 6.98. The minimum absolute atomic E-state index is 0.00257. The molecule has 1 heterocycles. The number of rotatable bonds is 4. The van der Waals surface area contributed by atoms with Crippen molar-refractivity contribution >= 4 is 39.8 Å². The molecule has 4 nitrogen and oxygen atoms in total. The first-order valence-electron chi connectivity index (χ1n) is 9.73. The van der Waals surface area contributed by atoms with Crippen LogP contribution in [0, 0.1) is 23.0 Å². The lowest BCUT2D eigenvalue weighted by Crippen LogP contribution is -2.09. The number of benzene rings is 4. The highest BCUT2D eigenvalue weighted by Gasteiger charge is 2.24. The molecule has 0 aliphatic carbocycles. The molecule has 0 aliphatic heterocycles. The van der Waals surface area contributed by atoms with Gasteiger partial charge in [-0.05, 0) is 42.0 Å². The molecule has 7 heteroatoms. The third-order valence-electron chi connectivity index (χ3n) is 5.15. The maximum atomic E-state index is 14.9. The topological polar surface area (TPSA) is 52.8 Å². The quantitative estimate of drug-likeness (QED) is 0.303. The summed E-state index contributed by atoms with van der Waals surface area (Å²) in [5, 5.41) is 9.21. The van der Waals surface area contributed by atoms with Gasteiger partial charge in [-0.1, -0.05) is 48.5 Å². The summed E-state index contributed by atoms with van der Waals surface area (Å²) < 4.78 is 37.6. The summed E-state index contributed by atoms with van der Waals surface area (Å²) in [5.74, 6) is -2.31. The Morgan fingerprint density at radius 1 is 0.688 bits per heavy atom. The van der Waals surface area contributed by atoms with E-state index >= 15 is 0 Å². The second-order valence-corrected chi connectivity index (χ2v) is 7.53. The van der Waals surface area contributed by atoms with Crippen LogP contribution in [-0.4, -0.2) is 8.75 Å². The van der Waals surface area contributed by atoms with E-state index in [1.807, 2.05) is 72.8 Å². The summed E-state index contributed by atoms with van der Waals surface area (Å²) in [4.78, 5) is 2.07. The zero-order valence-electron chi connectivity index (χ0n) is 16.5. The Kier molecular flexibility index (Phi) is 5.06. The molecule has 0 radical (unpaired) electrons. The van der Waals surface area contributed by atoms with Crippen molar-refractivity contribution in [3.63, 3.8) is 0 Å². The van der Waals surface area contributed by atoms with Gasteiger partial charge >= 0.3 is 0 Å². The van der Waals surface area contributed by atoms with Crippen molar-refractivity contribution in [3.05, 3.63) is 102 Å². The van der Waals surface area contributed by atoms with Crippen molar-refractivity contribution in [2.45, 2.75) is 0 Å². The van der Waals surface area contributed by atoms with Crippen LogP contribution >= 0.6 is 11.7 Å². The Bertz CT molecular complexity index is 1400. The normalized spacial score (nSPS) is 10.8. The highest BCUT2D eigenvalue weighted by molar-refractivity contribution is 7.00. The van der Waals surface area contributed by atoms with Gasteiger partial charge in [0, 0.05) is 22.6 Å². The SMILES string of the molecule is N#Cc1c(F)c(F)c(-c2ccc(N(c3ccccc3)c3ccccc3)cc2)c2nsnc12. The second kappa shape index (κ2) is 8.17. The number of aromatic nitrogens is 2. The van der Waals surface area contributed by atoms with E-state index in [0.29, 0.717) is 5.56 Å². The summed E-state index contributed by atoms with van der Waals surface area (Å²) in [7, 11) is 0. The van der Waals surface area contributed by atoms with Crippen molar-refractivity contribution in [2.75, 3.05) is 4.90 Å². The van der Waals surface area contributed by atoms with E-state index in [1.165, 1.54) is 0 Å². The van der Waals surface area contributed by atoms with Gasteiger partial charge in [-0.3, -0.25) is 0 Å². The van der Waals surface area contributed by atoms with Crippen LogP contribution in [0.15, 0.2) is 84.9 Å². The molecule has 0 N–H and O–H groups in total. The smallest absolute Gasteiger partial charge is 0.179 e. The molecular formula is C25H14F2N4S. The minimum Gasteiger partial charge on any atom is -0.311 e. The Hall–Kier alpha value is -4.15. The molecule has 5 aromatic rings. The number of para-hydroxylation sites is 2. The van der Waals surface area contributed by atoms with E-state index in [2.05, 4.69) is 13.6 Å². The number of nitriles is 1. The zero-order chi connectivity index (χ0) is 22.1. The summed E-state index contributed by atoms with van der Waals surface area (Å²) in [6.45, 7) is 0. The van der Waals surface area contributed by atoms with Crippen molar-refractivity contribution in [1.29, 1.82) is 5.26 Å². The van der Waals surface area contributed by atoms with Gasteiger partial charge in [0.25, 0.3) is 0 Å². The summed E-state index contributed by atoms with van der Waals surface area (Å²) in [5.41, 5.74) is 3.07. The second-order valence-electron chi connectivity index (χ2n) is 7.00. The van der Waals surface area contributed by atoms with Crippen LogP contribution in [0.1, 0.15) is 5.56 Å². The van der Waals surface area contributed by atoms with Crippen LogP contribution in [0.4, 0.5) is 25.8 Å². The highest BCUT2D eigenvalue weighted by atomic mass is 32.1. The molecule has 0 bridgehead atoms. The highest BCUT2D eigenvalue weighted by Crippen LogP contribution is 2.38. The van der Waals surface area contributed by atoms with E-state index in [1.54, 1.807) is 18.2 Å². The van der Waals surface area contributed by atoms with Crippen LogP contribution in [0.25, 0.3) is 22.2 Å². The van der Waals surface area contributed by atoms with Crippen LogP contribution in [0.3, 0.4) is 0 Å². The monoisotopic (exact) mass is 440 g/mol. The van der Waals surface area contributed by atoms with Gasteiger partial charge in [-0.2, -0.15) is 14.0 Å². The van der Waals surface area contributed by atoms with E-state index in [0.717, 1.165) is 28.8 Å². The van der Waals surface area contributed by atoms with E-state index in [4.69, 9.17) is 0 Å². The molecule has 4 aromatic carbocycles. The fourth-order valence-corrected chi connectivity index (χ4v) is 4.25. The molecule has 0 amide bonds. The maximum absolute atomic E-state index is 14.9. The number of hydrogen-bond donors (Lipinski definition) is 0. The Labute approximate surface area is 186 Å². The third kappa shape index (κ3) is 3.27. The third-order valence-corrected chi connectivity index (χ3v) is 5.68. The van der Waals surface area contributed by atoms with Gasteiger partial charge in [0.2, 0.25) is 0 Å². The number of halogens is 2. The van der Waals surface area contributed by atoms with Crippen molar-refractivity contribution in [1.82, 2.24) is 8.75 Å². The number of anilines is 3. The van der Waals surface area contributed by atoms with Gasteiger partial charge in [0.05, 0.1) is 11.7 Å². The van der Waals surface area contributed by atoms with Gasteiger partial charge in [-0.15, -0.1) is 0 Å².